The van der Waals surface area contributed by atoms with Crippen molar-refractivity contribution in [1.29, 1.82) is 0 Å². The van der Waals surface area contributed by atoms with E-state index in [1.165, 1.54) is 12.4 Å². The zero-order valence-electron chi connectivity index (χ0n) is 10.2. The summed E-state index contributed by atoms with van der Waals surface area (Å²) in [6.07, 6.45) is -0.829. The van der Waals surface area contributed by atoms with Gasteiger partial charge in [0.15, 0.2) is 6.23 Å². The van der Waals surface area contributed by atoms with Gasteiger partial charge in [0.2, 0.25) is 5.95 Å². The van der Waals surface area contributed by atoms with E-state index in [1.807, 2.05) is 0 Å². The second-order valence-electron chi connectivity index (χ2n) is 4.16. The van der Waals surface area contributed by atoms with Crippen molar-refractivity contribution in [3.8, 4) is 0 Å². The number of aromatic nitrogens is 2. The molecule has 2 heterocycles. The number of aliphatic hydroxyl groups excluding tert-OH is 2. The molecule has 19 heavy (non-hydrogen) atoms. The molecule has 5 atom stereocenters. The van der Waals surface area contributed by atoms with Crippen LogP contribution in [0.3, 0.4) is 0 Å². The van der Waals surface area contributed by atoms with Crippen LogP contribution in [0.1, 0.15) is 6.92 Å². The van der Waals surface area contributed by atoms with Crippen LogP contribution in [-0.2, 0) is 4.74 Å². The molecule has 1 saturated heterocycles. The summed E-state index contributed by atoms with van der Waals surface area (Å²) in [7, 11) is 0. The molecule has 1 aliphatic rings. The summed E-state index contributed by atoms with van der Waals surface area (Å²) in [5.41, 5.74) is 8.42. The number of hydrogen-bond acceptors (Lipinski definition) is 7. The van der Waals surface area contributed by atoms with Crippen molar-refractivity contribution in [2.75, 3.05) is 5.32 Å². The molecule has 3 N–H and O–H groups in total. The lowest BCUT2D eigenvalue weighted by atomic mass is 9.97. The second kappa shape index (κ2) is 5.81. The third-order valence-electron chi connectivity index (χ3n) is 2.87. The van der Waals surface area contributed by atoms with Crippen LogP contribution in [0.2, 0.25) is 0 Å². The average Bonchev–Trinajstić information content (AvgIpc) is 2.42. The van der Waals surface area contributed by atoms with Gasteiger partial charge in [0.25, 0.3) is 0 Å². The summed E-state index contributed by atoms with van der Waals surface area (Å²) < 4.78 is 5.47. The number of hydrogen-bond donors (Lipinski definition) is 3. The van der Waals surface area contributed by atoms with Gasteiger partial charge in [-0.1, -0.05) is 5.11 Å². The van der Waals surface area contributed by atoms with Gasteiger partial charge in [-0.3, -0.25) is 0 Å². The van der Waals surface area contributed by atoms with Crippen molar-refractivity contribution in [2.45, 2.75) is 37.5 Å². The molecule has 0 aliphatic carbocycles. The van der Waals surface area contributed by atoms with Gasteiger partial charge in [-0.15, -0.1) is 0 Å². The van der Waals surface area contributed by atoms with E-state index in [0.29, 0.717) is 0 Å². The molecular weight excluding hydrogens is 252 g/mol. The molecule has 0 spiro atoms. The van der Waals surface area contributed by atoms with Gasteiger partial charge in [0, 0.05) is 17.3 Å². The molecule has 0 amide bonds. The van der Waals surface area contributed by atoms with Crippen molar-refractivity contribution < 1.29 is 14.9 Å². The summed E-state index contributed by atoms with van der Waals surface area (Å²) in [4.78, 5) is 10.5. The average molecular weight is 266 g/mol. The fourth-order valence-corrected chi connectivity index (χ4v) is 1.89. The highest BCUT2D eigenvalue weighted by Gasteiger charge is 2.42. The quantitative estimate of drug-likeness (QED) is 0.401. The maximum Gasteiger partial charge on any atom is 0.224 e. The van der Waals surface area contributed by atoms with Crippen molar-refractivity contribution >= 4 is 5.95 Å². The minimum atomic E-state index is -1.25. The zero-order valence-corrected chi connectivity index (χ0v) is 10.2. The maximum absolute atomic E-state index is 9.94. The fourth-order valence-electron chi connectivity index (χ4n) is 1.89. The van der Waals surface area contributed by atoms with E-state index in [2.05, 4.69) is 25.3 Å². The molecule has 102 valence electrons. The number of ether oxygens (including phenoxy) is 1. The van der Waals surface area contributed by atoms with E-state index >= 15 is 0 Å². The number of rotatable bonds is 3. The standard InChI is InChI=1S/C10H14N6O3/c1-5-6(15-16-11)7(17)8(18)9(19-5)14-10-12-3-2-4-13-10/h2-9,17-18H,1H3,(H,12,13,14)/t5-,6-,7+,8+,9-/m0/s1. The Hall–Kier alpha value is -1.93. The molecule has 0 aromatic carbocycles. The molecule has 1 fully saturated rings. The van der Waals surface area contributed by atoms with Gasteiger partial charge in [-0.2, -0.15) is 0 Å². The predicted molar refractivity (Wildman–Crippen MR) is 64.9 cm³/mol. The van der Waals surface area contributed by atoms with Crippen molar-refractivity contribution in [1.82, 2.24) is 9.97 Å². The Balaban J connectivity index is 2.10. The summed E-state index contributed by atoms with van der Waals surface area (Å²) in [6.45, 7) is 1.65. The first kappa shape index (κ1) is 13.5. The van der Waals surface area contributed by atoms with E-state index in [4.69, 9.17) is 10.3 Å². The van der Waals surface area contributed by atoms with Gasteiger partial charge >= 0.3 is 0 Å². The summed E-state index contributed by atoms with van der Waals surface area (Å²) in [6, 6.07) is 0.813. The Kier molecular flexibility index (Phi) is 4.13. The van der Waals surface area contributed by atoms with Gasteiger partial charge in [0.05, 0.1) is 18.2 Å². The topological polar surface area (TPSA) is 136 Å². The molecule has 2 rings (SSSR count). The van der Waals surface area contributed by atoms with Gasteiger partial charge in [-0.25, -0.2) is 9.97 Å². The molecule has 0 radical (unpaired) electrons. The molecule has 9 heteroatoms. The van der Waals surface area contributed by atoms with Crippen LogP contribution in [0.25, 0.3) is 10.4 Å². The minimum Gasteiger partial charge on any atom is -0.390 e. The molecular formula is C10H14N6O3. The van der Waals surface area contributed by atoms with Gasteiger partial charge in [0.1, 0.15) is 6.10 Å². The first-order chi connectivity index (χ1) is 9.13. The Morgan fingerprint density at radius 3 is 2.68 bits per heavy atom. The molecule has 9 nitrogen and oxygen atoms in total. The molecule has 1 aliphatic heterocycles. The third-order valence-corrected chi connectivity index (χ3v) is 2.87. The summed E-state index contributed by atoms with van der Waals surface area (Å²) >= 11 is 0. The minimum absolute atomic E-state index is 0.271. The Morgan fingerprint density at radius 1 is 1.37 bits per heavy atom. The normalized spacial score (nSPS) is 34.4. The van der Waals surface area contributed by atoms with Crippen molar-refractivity contribution in [2.24, 2.45) is 5.11 Å². The Bertz CT molecular complexity index is 466. The molecule has 1 aromatic heterocycles. The lowest BCUT2D eigenvalue weighted by molar-refractivity contribution is -0.163. The van der Waals surface area contributed by atoms with Crippen LogP contribution in [0, 0.1) is 0 Å². The smallest absolute Gasteiger partial charge is 0.224 e. The number of nitrogens with zero attached hydrogens (tertiary/aromatic N) is 5. The highest BCUT2D eigenvalue weighted by Crippen LogP contribution is 2.23. The summed E-state index contributed by atoms with van der Waals surface area (Å²) in [5.74, 6) is 0.271. The predicted octanol–water partition coefficient (Wildman–Crippen LogP) is 0.0340. The van der Waals surface area contributed by atoms with E-state index in [-0.39, 0.29) is 5.95 Å². The SMILES string of the molecule is C[C@@H]1O[C@H](Nc2ncccn2)[C@H](O)[C@H](O)[C@H]1N=[N+]=[N-]. The first-order valence-corrected chi connectivity index (χ1v) is 5.73. The van der Waals surface area contributed by atoms with Crippen LogP contribution in [0.4, 0.5) is 5.95 Å². The van der Waals surface area contributed by atoms with Crippen LogP contribution in [-0.4, -0.2) is 50.8 Å². The fraction of sp³-hybridized carbons (Fsp3) is 0.600. The van der Waals surface area contributed by atoms with E-state index in [0.717, 1.165) is 0 Å². The Labute approximate surface area is 108 Å². The van der Waals surface area contributed by atoms with Crippen LogP contribution in [0.15, 0.2) is 23.6 Å². The third kappa shape index (κ3) is 2.91. The number of anilines is 1. The molecule has 0 saturated carbocycles. The number of aliphatic hydroxyl groups is 2. The van der Waals surface area contributed by atoms with E-state index < -0.39 is 30.6 Å². The van der Waals surface area contributed by atoms with Crippen molar-refractivity contribution in [3.05, 3.63) is 28.9 Å². The second-order valence-corrected chi connectivity index (χ2v) is 4.16. The van der Waals surface area contributed by atoms with Crippen molar-refractivity contribution in [3.63, 3.8) is 0 Å². The molecule has 1 aromatic rings. The molecule has 0 unspecified atom stereocenters. The Morgan fingerprint density at radius 2 is 2.05 bits per heavy atom. The largest absolute Gasteiger partial charge is 0.390 e. The maximum atomic E-state index is 9.94. The van der Waals surface area contributed by atoms with Crippen LogP contribution >= 0.6 is 0 Å². The van der Waals surface area contributed by atoms with E-state index in [9.17, 15) is 10.2 Å². The highest BCUT2D eigenvalue weighted by molar-refractivity contribution is 5.24. The van der Waals surface area contributed by atoms with Crippen LogP contribution in [0.5, 0.6) is 0 Å². The first-order valence-electron chi connectivity index (χ1n) is 5.73. The van der Waals surface area contributed by atoms with Crippen LogP contribution < -0.4 is 5.32 Å². The zero-order chi connectivity index (χ0) is 13.8. The van der Waals surface area contributed by atoms with Gasteiger partial charge < -0.3 is 20.3 Å². The lowest BCUT2D eigenvalue weighted by Crippen LogP contribution is -2.58. The summed E-state index contributed by atoms with van der Waals surface area (Å²) in [5, 5.41) is 26.0. The lowest BCUT2D eigenvalue weighted by Gasteiger charge is -2.39. The van der Waals surface area contributed by atoms with E-state index in [1.54, 1.807) is 13.0 Å². The highest BCUT2D eigenvalue weighted by atomic mass is 16.5. The number of nitrogens with one attached hydrogen (secondary N) is 1. The number of azide groups is 1. The molecule has 0 bridgehead atoms. The van der Waals surface area contributed by atoms with Gasteiger partial charge in [-0.05, 0) is 18.5 Å². The monoisotopic (exact) mass is 266 g/mol.